The quantitative estimate of drug-likeness (QED) is 0.716. The molecule has 2 rings (SSSR count). The Morgan fingerprint density at radius 2 is 1.93 bits per heavy atom. The van der Waals surface area contributed by atoms with Crippen LogP contribution < -0.4 is 4.90 Å². The van der Waals surface area contributed by atoms with E-state index in [1.54, 1.807) is 12.1 Å². The van der Waals surface area contributed by atoms with Gasteiger partial charge in [-0.1, -0.05) is 0 Å². The van der Waals surface area contributed by atoms with Crippen LogP contribution in [0.5, 0.6) is 0 Å². The number of anilines is 1. The smallest absolute Gasteiger partial charge is 0.252 e. The lowest BCUT2D eigenvalue weighted by atomic mass is 10.2. The monoisotopic (exact) mass is 224 g/mol. The molecule has 80 valence electrons. The average molecular weight is 225 g/mol. The van der Waals surface area contributed by atoms with Crippen LogP contribution in [0.1, 0.15) is 10.4 Å². The van der Waals surface area contributed by atoms with Crippen LogP contribution in [0, 0.1) is 0 Å². The van der Waals surface area contributed by atoms with E-state index in [-0.39, 0.29) is 0 Å². The third-order valence-electron chi connectivity index (χ3n) is 2.62. The van der Waals surface area contributed by atoms with Gasteiger partial charge in [0.1, 0.15) is 0 Å². The molecule has 0 radical (unpaired) electrons. The minimum Gasteiger partial charge on any atom is -0.357 e. The van der Waals surface area contributed by atoms with Crippen LogP contribution >= 0.6 is 11.6 Å². The maximum Gasteiger partial charge on any atom is 0.252 e. The van der Waals surface area contributed by atoms with E-state index in [1.807, 2.05) is 12.1 Å². The summed E-state index contributed by atoms with van der Waals surface area (Å²) in [4.78, 5) is 15.4. The minimum absolute atomic E-state index is 0.403. The predicted octanol–water partition coefficient (Wildman–Crippen LogP) is 1.77. The summed E-state index contributed by atoms with van der Waals surface area (Å²) in [6, 6.07) is 7.41. The Morgan fingerprint density at radius 1 is 1.27 bits per heavy atom. The number of halogens is 1. The topological polar surface area (TPSA) is 23.6 Å². The number of hydrogen-bond donors (Lipinski definition) is 0. The van der Waals surface area contributed by atoms with Gasteiger partial charge in [0.15, 0.2) is 0 Å². The molecule has 0 unspecified atom stereocenters. The molecular formula is C11H13ClN2O. The molecule has 0 spiro atoms. The first kappa shape index (κ1) is 10.5. The molecule has 15 heavy (non-hydrogen) atoms. The van der Waals surface area contributed by atoms with Crippen LogP contribution in [0.4, 0.5) is 5.69 Å². The van der Waals surface area contributed by atoms with Crippen LogP contribution in [0.3, 0.4) is 0 Å². The Labute approximate surface area is 94.2 Å². The van der Waals surface area contributed by atoms with Crippen LogP contribution in [0.2, 0.25) is 0 Å². The zero-order valence-corrected chi connectivity index (χ0v) is 9.37. The van der Waals surface area contributed by atoms with E-state index in [9.17, 15) is 4.79 Å². The summed E-state index contributed by atoms with van der Waals surface area (Å²) in [5, 5.41) is -0.403. The maximum atomic E-state index is 10.9. The summed E-state index contributed by atoms with van der Waals surface area (Å²) in [5.74, 6) is 0. The fraction of sp³-hybridized carbons (Fsp3) is 0.364. The first-order chi connectivity index (χ1) is 7.16. The van der Waals surface area contributed by atoms with Crippen molar-refractivity contribution in [3.8, 4) is 0 Å². The fourth-order valence-corrected chi connectivity index (χ4v) is 1.86. The van der Waals surface area contributed by atoms with E-state index in [0.717, 1.165) is 25.4 Å². The summed E-state index contributed by atoms with van der Waals surface area (Å²) < 4.78 is 0. The lowest BCUT2D eigenvalue weighted by molar-refractivity contribution is 0.108. The molecule has 1 aromatic carbocycles. The summed E-state index contributed by atoms with van der Waals surface area (Å²) in [5.41, 5.74) is 1.69. The van der Waals surface area contributed by atoms with Gasteiger partial charge in [-0.2, -0.15) is 0 Å². The number of carbonyl (C=O) groups is 1. The molecular weight excluding hydrogens is 212 g/mol. The van der Waals surface area contributed by atoms with E-state index >= 15 is 0 Å². The third-order valence-corrected chi connectivity index (χ3v) is 2.84. The number of carbonyl (C=O) groups excluding carboxylic acids is 1. The van der Waals surface area contributed by atoms with Gasteiger partial charge < -0.3 is 4.90 Å². The van der Waals surface area contributed by atoms with Gasteiger partial charge >= 0.3 is 0 Å². The van der Waals surface area contributed by atoms with E-state index < -0.39 is 5.24 Å². The molecule has 0 saturated carbocycles. The Kier molecular flexibility index (Phi) is 2.93. The number of rotatable bonds is 2. The van der Waals surface area contributed by atoms with Gasteiger partial charge in [0.25, 0.3) is 5.24 Å². The summed E-state index contributed by atoms with van der Waals surface area (Å²) in [6.07, 6.45) is 0. The van der Waals surface area contributed by atoms with Gasteiger partial charge in [-0.05, 0) is 42.9 Å². The molecule has 0 bridgehead atoms. The summed E-state index contributed by atoms with van der Waals surface area (Å²) in [6.45, 7) is 3.05. The van der Waals surface area contributed by atoms with Gasteiger partial charge in [-0.3, -0.25) is 9.69 Å². The molecule has 0 aromatic heterocycles. The second-order valence-electron chi connectivity index (χ2n) is 3.81. The van der Waals surface area contributed by atoms with Gasteiger partial charge in [0.2, 0.25) is 0 Å². The van der Waals surface area contributed by atoms with Gasteiger partial charge in [-0.25, -0.2) is 0 Å². The highest BCUT2D eigenvalue weighted by atomic mass is 35.5. The predicted molar refractivity (Wildman–Crippen MR) is 61.5 cm³/mol. The van der Waals surface area contributed by atoms with Crippen molar-refractivity contribution in [1.29, 1.82) is 0 Å². The zero-order chi connectivity index (χ0) is 10.8. The van der Waals surface area contributed by atoms with Crippen molar-refractivity contribution in [3.05, 3.63) is 29.8 Å². The van der Waals surface area contributed by atoms with Crippen molar-refractivity contribution < 1.29 is 4.79 Å². The molecule has 1 heterocycles. The molecule has 1 aliphatic heterocycles. The number of hydrogen-bond acceptors (Lipinski definition) is 3. The van der Waals surface area contributed by atoms with Crippen LogP contribution in [0.15, 0.2) is 24.3 Å². The van der Waals surface area contributed by atoms with Crippen LogP contribution in [0.25, 0.3) is 0 Å². The van der Waals surface area contributed by atoms with Crippen molar-refractivity contribution in [2.24, 2.45) is 0 Å². The SMILES string of the molecule is CN1CCN(c2ccc(C(=O)Cl)cc2)C1. The van der Waals surface area contributed by atoms with Crippen molar-refractivity contribution in [1.82, 2.24) is 4.90 Å². The van der Waals surface area contributed by atoms with Gasteiger partial charge in [0.05, 0.1) is 6.67 Å². The number of benzene rings is 1. The molecule has 0 N–H and O–H groups in total. The molecule has 1 saturated heterocycles. The van der Waals surface area contributed by atoms with E-state index in [2.05, 4.69) is 16.8 Å². The van der Waals surface area contributed by atoms with Crippen molar-refractivity contribution >= 4 is 22.5 Å². The van der Waals surface area contributed by atoms with Crippen molar-refractivity contribution in [2.45, 2.75) is 0 Å². The highest BCUT2D eigenvalue weighted by Gasteiger charge is 2.16. The molecule has 3 nitrogen and oxygen atoms in total. The number of likely N-dealkylation sites (N-methyl/N-ethyl adjacent to an activating group) is 1. The summed E-state index contributed by atoms with van der Waals surface area (Å²) in [7, 11) is 2.09. The van der Waals surface area contributed by atoms with E-state index in [4.69, 9.17) is 11.6 Å². The fourth-order valence-electron chi connectivity index (χ4n) is 1.74. The van der Waals surface area contributed by atoms with E-state index in [1.165, 1.54) is 0 Å². The van der Waals surface area contributed by atoms with Gasteiger partial charge in [-0.15, -0.1) is 0 Å². The number of nitrogens with zero attached hydrogens (tertiary/aromatic N) is 2. The van der Waals surface area contributed by atoms with Crippen LogP contribution in [-0.4, -0.2) is 36.9 Å². The molecule has 1 aromatic rings. The Bertz CT molecular complexity index is 363. The molecule has 4 heteroatoms. The Morgan fingerprint density at radius 3 is 2.40 bits per heavy atom. The second-order valence-corrected chi connectivity index (χ2v) is 4.15. The van der Waals surface area contributed by atoms with E-state index in [0.29, 0.717) is 5.56 Å². The third kappa shape index (κ3) is 2.30. The van der Waals surface area contributed by atoms with Crippen molar-refractivity contribution in [3.63, 3.8) is 0 Å². The highest BCUT2D eigenvalue weighted by Crippen LogP contribution is 2.18. The minimum atomic E-state index is -0.403. The Hall–Kier alpha value is -1.06. The molecule has 0 amide bonds. The van der Waals surface area contributed by atoms with Gasteiger partial charge in [0, 0.05) is 24.3 Å². The highest BCUT2D eigenvalue weighted by molar-refractivity contribution is 6.67. The molecule has 1 aliphatic rings. The maximum absolute atomic E-state index is 10.9. The molecule has 0 aliphatic carbocycles. The molecule has 1 fully saturated rings. The zero-order valence-electron chi connectivity index (χ0n) is 8.61. The lowest BCUT2D eigenvalue weighted by Gasteiger charge is -2.17. The first-order valence-corrected chi connectivity index (χ1v) is 5.28. The summed E-state index contributed by atoms with van der Waals surface area (Å²) >= 11 is 5.38. The first-order valence-electron chi connectivity index (χ1n) is 4.90. The van der Waals surface area contributed by atoms with Crippen LogP contribution in [-0.2, 0) is 0 Å². The van der Waals surface area contributed by atoms with Crippen molar-refractivity contribution in [2.75, 3.05) is 31.7 Å². The second kappa shape index (κ2) is 4.21. The largest absolute Gasteiger partial charge is 0.357 e. The lowest BCUT2D eigenvalue weighted by Crippen LogP contribution is -2.22. The standard InChI is InChI=1S/C11H13ClN2O/c1-13-6-7-14(8-13)10-4-2-9(3-5-10)11(12)15/h2-5H,6-8H2,1H3. The Balaban J connectivity index is 2.13. The molecule has 0 atom stereocenters. The normalized spacial score (nSPS) is 17.1. The average Bonchev–Trinajstić information content (AvgIpc) is 2.65.